The standard InChI is InChI=1S/C24H24ClNO4/c1-3-29-21-13-12-17(24(27)26-15-18-8-4-5-9-20(18)25)14-19(21)16-30-23-11-7-6-10-22(23)28-2/h4-14H,3,15-16H2,1-2H3,(H,26,27). The van der Waals surface area contributed by atoms with Gasteiger partial charge in [-0.2, -0.15) is 0 Å². The van der Waals surface area contributed by atoms with Gasteiger partial charge in [0, 0.05) is 22.7 Å². The van der Waals surface area contributed by atoms with Crippen LogP contribution in [0.4, 0.5) is 0 Å². The number of rotatable bonds is 9. The molecule has 0 aromatic heterocycles. The Balaban J connectivity index is 1.74. The lowest BCUT2D eigenvalue weighted by Crippen LogP contribution is -2.23. The number of hydrogen-bond donors (Lipinski definition) is 1. The number of hydrogen-bond acceptors (Lipinski definition) is 4. The van der Waals surface area contributed by atoms with Crippen molar-refractivity contribution in [2.75, 3.05) is 13.7 Å². The van der Waals surface area contributed by atoms with Crippen LogP contribution in [-0.4, -0.2) is 19.6 Å². The molecule has 1 amide bonds. The molecular formula is C24H24ClNO4. The fraction of sp³-hybridized carbons (Fsp3) is 0.208. The molecule has 0 heterocycles. The van der Waals surface area contributed by atoms with Crippen molar-refractivity contribution in [1.82, 2.24) is 5.32 Å². The average molecular weight is 426 g/mol. The summed E-state index contributed by atoms with van der Waals surface area (Å²) in [5, 5.41) is 3.52. The van der Waals surface area contributed by atoms with E-state index in [1.807, 2.05) is 49.4 Å². The minimum absolute atomic E-state index is 0.198. The minimum atomic E-state index is -0.198. The van der Waals surface area contributed by atoms with Gasteiger partial charge in [0.1, 0.15) is 12.4 Å². The van der Waals surface area contributed by atoms with E-state index in [0.717, 1.165) is 11.1 Å². The van der Waals surface area contributed by atoms with Crippen LogP contribution in [0.25, 0.3) is 0 Å². The number of halogens is 1. The lowest BCUT2D eigenvalue weighted by atomic mass is 10.1. The molecule has 0 saturated heterocycles. The molecule has 0 radical (unpaired) electrons. The fourth-order valence-electron chi connectivity index (χ4n) is 2.94. The molecule has 0 bridgehead atoms. The second-order valence-electron chi connectivity index (χ2n) is 6.47. The summed E-state index contributed by atoms with van der Waals surface area (Å²) in [5.41, 5.74) is 2.15. The molecule has 0 fully saturated rings. The Labute approximate surface area is 181 Å². The molecule has 6 heteroatoms. The van der Waals surface area contributed by atoms with Gasteiger partial charge in [-0.25, -0.2) is 0 Å². The van der Waals surface area contributed by atoms with Gasteiger partial charge in [0.2, 0.25) is 0 Å². The Morgan fingerprint density at radius 1 is 0.900 bits per heavy atom. The maximum absolute atomic E-state index is 12.7. The largest absolute Gasteiger partial charge is 0.493 e. The van der Waals surface area contributed by atoms with E-state index in [1.165, 1.54) is 0 Å². The second kappa shape index (κ2) is 10.6. The van der Waals surface area contributed by atoms with E-state index in [-0.39, 0.29) is 12.5 Å². The fourth-order valence-corrected chi connectivity index (χ4v) is 3.15. The monoisotopic (exact) mass is 425 g/mol. The second-order valence-corrected chi connectivity index (χ2v) is 6.88. The van der Waals surface area contributed by atoms with Crippen LogP contribution < -0.4 is 19.5 Å². The van der Waals surface area contributed by atoms with Crippen molar-refractivity contribution in [3.8, 4) is 17.2 Å². The van der Waals surface area contributed by atoms with E-state index in [1.54, 1.807) is 31.4 Å². The van der Waals surface area contributed by atoms with Crippen molar-refractivity contribution >= 4 is 17.5 Å². The topological polar surface area (TPSA) is 56.8 Å². The highest BCUT2D eigenvalue weighted by Gasteiger charge is 2.13. The molecule has 0 aliphatic carbocycles. The molecule has 0 aliphatic heterocycles. The Morgan fingerprint density at radius 2 is 1.63 bits per heavy atom. The van der Waals surface area contributed by atoms with E-state index in [0.29, 0.717) is 41.0 Å². The van der Waals surface area contributed by atoms with Gasteiger partial charge in [0.25, 0.3) is 5.91 Å². The van der Waals surface area contributed by atoms with Gasteiger partial charge < -0.3 is 19.5 Å². The molecule has 1 N–H and O–H groups in total. The molecular weight excluding hydrogens is 402 g/mol. The molecule has 5 nitrogen and oxygen atoms in total. The summed E-state index contributed by atoms with van der Waals surface area (Å²) < 4.78 is 17.0. The van der Waals surface area contributed by atoms with Gasteiger partial charge in [-0.3, -0.25) is 4.79 Å². The first kappa shape index (κ1) is 21.5. The third-order valence-electron chi connectivity index (χ3n) is 4.47. The van der Waals surface area contributed by atoms with Crippen molar-refractivity contribution in [1.29, 1.82) is 0 Å². The summed E-state index contributed by atoms with van der Waals surface area (Å²) >= 11 is 6.16. The first-order valence-electron chi connectivity index (χ1n) is 9.65. The zero-order valence-corrected chi connectivity index (χ0v) is 17.7. The quantitative estimate of drug-likeness (QED) is 0.508. The highest BCUT2D eigenvalue weighted by molar-refractivity contribution is 6.31. The van der Waals surface area contributed by atoms with Crippen molar-refractivity contribution in [2.24, 2.45) is 0 Å². The number of nitrogens with one attached hydrogen (secondary N) is 1. The van der Waals surface area contributed by atoms with Crippen molar-refractivity contribution < 1.29 is 19.0 Å². The van der Waals surface area contributed by atoms with Gasteiger partial charge in [0.15, 0.2) is 11.5 Å². The number of carbonyl (C=O) groups is 1. The van der Waals surface area contributed by atoms with Gasteiger partial charge >= 0.3 is 0 Å². The van der Waals surface area contributed by atoms with E-state index in [9.17, 15) is 4.79 Å². The number of methoxy groups -OCH3 is 1. The highest BCUT2D eigenvalue weighted by Crippen LogP contribution is 2.29. The third-order valence-corrected chi connectivity index (χ3v) is 4.84. The van der Waals surface area contributed by atoms with Crippen LogP contribution in [0.1, 0.15) is 28.4 Å². The molecule has 0 atom stereocenters. The molecule has 0 spiro atoms. The van der Waals surface area contributed by atoms with Crippen LogP contribution in [0.2, 0.25) is 5.02 Å². The first-order chi connectivity index (χ1) is 14.6. The first-order valence-corrected chi connectivity index (χ1v) is 10.0. The summed E-state index contributed by atoms with van der Waals surface area (Å²) in [4.78, 5) is 12.7. The minimum Gasteiger partial charge on any atom is -0.493 e. The van der Waals surface area contributed by atoms with E-state index in [2.05, 4.69) is 5.32 Å². The average Bonchev–Trinajstić information content (AvgIpc) is 2.78. The molecule has 3 aromatic carbocycles. The van der Waals surface area contributed by atoms with Crippen LogP contribution in [0.3, 0.4) is 0 Å². The van der Waals surface area contributed by atoms with Crippen LogP contribution >= 0.6 is 11.6 Å². The lowest BCUT2D eigenvalue weighted by Gasteiger charge is -2.15. The molecule has 0 aliphatic rings. The summed E-state index contributed by atoms with van der Waals surface area (Å²) in [5.74, 6) is 1.74. The number of amides is 1. The summed E-state index contributed by atoms with van der Waals surface area (Å²) in [6, 6.07) is 20.1. The Bertz CT molecular complexity index is 1010. The van der Waals surface area contributed by atoms with Crippen molar-refractivity contribution in [2.45, 2.75) is 20.1 Å². The zero-order valence-electron chi connectivity index (χ0n) is 17.0. The Hall–Kier alpha value is -3.18. The molecule has 0 saturated carbocycles. The Kier molecular flexibility index (Phi) is 7.57. The van der Waals surface area contributed by atoms with Crippen LogP contribution in [-0.2, 0) is 13.2 Å². The smallest absolute Gasteiger partial charge is 0.251 e. The SMILES string of the molecule is CCOc1ccc(C(=O)NCc2ccccc2Cl)cc1COc1ccccc1OC. The number of para-hydroxylation sites is 2. The number of benzene rings is 3. The third kappa shape index (κ3) is 5.45. The van der Waals surface area contributed by atoms with E-state index >= 15 is 0 Å². The van der Waals surface area contributed by atoms with Gasteiger partial charge in [-0.15, -0.1) is 0 Å². The number of carbonyl (C=O) groups excluding carboxylic acids is 1. The number of ether oxygens (including phenoxy) is 3. The maximum Gasteiger partial charge on any atom is 0.251 e. The summed E-state index contributed by atoms with van der Waals surface area (Å²) in [6.07, 6.45) is 0. The summed E-state index contributed by atoms with van der Waals surface area (Å²) in [7, 11) is 1.60. The van der Waals surface area contributed by atoms with Crippen LogP contribution in [0.5, 0.6) is 17.2 Å². The van der Waals surface area contributed by atoms with Gasteiger partial charge in [0.05, 0.1) is 13.7 Å². The van der Waals surface area contributed by atoms with Gasteiger partial charge in [-0.1, -0.05) is 41.9 Å². The van der Waals surface area contributed by atoms with Crippen LogP contribution in [0, 0.1) is 0 Å². The Morgan fingerprint density at radius 3 is 2.37 bits per heavy atom. The van der Waals surface area contributed by atoms with E-state index in [4.69, 9.17) is 25.8 Å². The summed E-state index contributed by atoms with van der Waals surface area (Å²) in [6.45, 7) is 3.01. The van der Waals surface area contributed by atoms with E-state index < -0.39 is 0 Å². The van der Waals surface area contributed by atoms with Crippen LogP contribution in [0.15, 0.2) is 66.7 Å². The molecule has 3 aromatic rings. The highest BCUT2D eigenvalue weighted by atomic mass is 35.5. The molecule has 156 valence electrons. The molecule has 3 rings (SSSR count). The predicted molar refractivity (Wildman–Crippen MR) is 118 cm³/mol. The predicted octanol–water partition coefficient (Wildman–Crippen LogP) is 5.26. The van der Waals surface area contributed by atoms with Gasteiger partial charge in [-0.05, 0) is 48.9 Å². The van der Waals surface area contributed by atoms with Crippen molar-refractivity contribution in [3.05, 3.63) is 88.4 Å². The normalized spacial score (nSPS) is 10.4. The maximum atomic E-state index is 12.7. The van der Waals surface area contributed by atoms with Crippen molar-refractivity contribution in [3.63, 3.8) is 0 Å². The lowest BCUT2D eigenvalue weighted by molar-refractivity contribution is 0.0950. The molecule has 30 heavy (non-hydrogen) atoms. The zero-order chi connectivity index (χ0) is 21.3. The molecule has 0 unspecified atom stereocenters.